The Morgan fingerprint density at radius 3 is 2.40 bits per heavy atom. The standard InChI is InChI=1S/C29H48O/c1-19(2)20(3)8-9-21(4)25-12-13-26-24-11-10-22-18-23(30-7)14-16-28(22,5)27(24)15-17-29(25,26)6/h8-9,19-23,25-26H,10-18H2,1-7H3/b9-8+/t20-,21+,22-,23+,25-,26-,28-,29-/m0/s1. The number of hydrogen-bond donors (Lipinski definition) is 0. The first kappa shape index (κ1) is 22.6. The summed E-state index contributed by atoms with van der Waals surface area (Å²) in [6, 6.07) is 0. The molecule has 0 amide bonds. The second-order valence-electron chi connectivity index (χ2n) is 12.4. The van der Waals surface area contributed by atoms with E-state index in [0.29, 0.717) is 28.8 Å². The number of ether oxygens (including phenoxy) is 1. The van der Waals surface area contributed by atoms with Gasteiger partial charge in [0.15, 0.2) is 0 Å². The fourth-order valence-electron chi connectivity index (χ4n) is 8.25. The SMILES string of the molecule is CO[C@@H]1CC[C@]2(C)C3=C(CC[C@H]2C1)[C@@H]1CC[C@@H]([C@H](C)/C=C/[C@H](C)C(C)C)[C@]1(C)CC3. The average molecular weight is 413 g/mol. The number of methoxy groups -OCH3 is 1. The molecular weight excluding hydrogens is 364 g/mol. The maximum Gasteiger partial charge on any atom is 0.0574 e. The molecule has 2 fully saturated rings. The Bertz CT molecular complexity index is 686. The van der Waals surface area contributed by atoms with Crippen molar-refractivity contribution < 1.29 is 4.74 Å². The van der Waals surface area contributed by atoms with Gasteiger partial charge in [0.05, 0.1) is 6.10 Å². The van der Waals surface area contributed by atoms with Crippen LogP contribution in [0.2, 0.25) is 0 Å². The summed E-state index contributed by atoms with van der Waals surface area (Å²) in [4.78, 5) is 0. The molecule has 170 valence electrons. The van der Waals surface area contributed by atoms with Crippen LogP contribution >= 0.6 is 0 Å². The molecule has 1 heteroatoms. The molecule has 4 rings (SSSR count). The van der Waals surface area contributed by atoms with Crippen molar-refractivity contribution >= 4 is 0 Å². The maximum atomic E-state index is 5.78. The summed E-state index contributed by atoms with van der Waals surface area (Å²) < 4.78 is 5.78. The molecule has 0 aromatic rings. The zero-order valence-electron chi connectivity index (χ0n) is 21.0. The van der Waals surface area contributed by atoms with Crippen molar-refractivity contribution in [2.45, 2.75) is 105 Å². The monoisotopic (exact) mass is 412 g/mol. The Morgan fingerprint density at radius 2 is 1.70 bits per heavy atom. The van der Waals surface area contributed by atoms with E-state index < -0.39 is 0 Å². The second kappa shape index (κ2) is 8.42. The van der Waals surface area contributed by atoms with E-state index in [0.717, 1.165) is 23.7 Å². The van der Waals surface area contributed by atoms with Gasteiger partial charge in [0.25, 0.3) is 0 Å². The fraction of sp³-hybridized carbons (Fsp3) is 0.862. The van der Waals surface area contributed by atoms with E-state index in [2.05, 4.69) is 53.7 Å². The van der Waals surface area contributed by atoms with Crippen LogP contribution in [0.15, 0.2) is 23.3 Å². The van der Waals surface area contributed by atoms with E-state index in [-0.39, 0.29) is 0 Å². The van der Waals surface area contributed by atoms with E-state index in [1.165, 1.54) is 57.8 Å². The number of rotatable bonds is 5. The molecule has 1 nitrogen and oxygen atoms in total. The highest BCUT2D eigenvalue weighted by atomic mass is 16.5. The molecular formula is C29H48O. The molecule has 30 heavy (non-hydrogen) atoms. The van der Waals surface area contributed by atoms with E-state index >= 15 is 0 Å². The van der Waals surface area contributed by atoms with E-state index in [9.17, 15) is 0 Å². The molecule has 0 aromatic heterocycles. The third-order valence-corrected chi connectivity index (χ3v) is 10.8. The minimum absolute atomic E-state index is 0.472. The molecule has 0 N–H and O–H groups in total. The molecule has 4 aliphatic rings. The Kier molecular flexibility index (Phi) is 6.35. The van der Waals surface area contributed by atoms with Crippen molar-refractivity contribution in [2.75, 3.05) is 7.11 Å². The zero-order chi connectivity index (χ0) is 21.7. The van der Waals surface area contributed by atoms with Gasteiger partial charge in [0, 0.05) is 7.11 Å². The van der Waals surface area contributed by atoms with Gasteiger partial charge in [-0.3, -0.25) is 0 Å². The van der Waals surface area contributed by atoms with Gasteiger partial charge in [-0.1, -0.05) is 64.8 Å². The van der Waals surface area contributed by atoms with E-state index in [1.54, 1.807) is 0 Å². The summed E-state index contributed by atoms with van der Waals surface area (Å²) in [6.45, 7) is 14.9. The van der Waals surface area contributed by atoms with E-state index in [4.69, 9.17) is 4.74 Å². The van der Waals surface area contributed by atoms with Gasteiger partial charge in [0.2, 0.25) is 0 Å². The fourth-order valence-corrected chi connectivity index (χ4v) is 8.25. The predicted molar refractivity (Wildman–Crippen MR) is 128 cm³/mol. The van der Waals surface area contributed by atoms with Crippen molar-refractivity contribution in [3.05, 3.63) is 23.3 Å². The Labute approximate surface area is 187 Å². The molecule has 0 saturated heterocycles. The van der Waals surface area contributed by atoms with Gasteiger partial charge in [0.1, 0.15) is 0 Å². The smallest absolute Gasteiger partial charge is 0.0574 e. The van der Waals surface area contributed by atoms with E-state index in [1.807, 2.05) is 18.3 Å². The summed E-state index contributed by atoms with van der Waals surface area (Å²) in [6.07, 6.45) is 18.0. The molecule has 0 aromatic carbocycles. The number of fused-ring (bicyclic) bond motifs is 4. The highest BCUT2D eigenvalue weighted by molar-refractivity contribution is 5.34. The largest absolute Gasteiger partial charge is 0.381 e. The lowest BCUT2D eigenvalue weighted by atomic mass is 9.50. The lowest BCUT2D eigenvalue weighted by molar-refractivity contribution is -0.00885. The van der Waals surface area contributed by atoms with Crippen LogP contribution in [0, 0.1) is 46.3 Å². The molecule has 0 bridgehead atoms. The molecule has 0 radical (unpaired) electrons. The number of hydrogen-bond acceptors (Lipinski definition) is 1. The van der Waals surface area contributed by atoms with Crippen LogP contribution in [0.4, 0.5) is 0 Å². The van der Waals surface area contributed by atoms with Crippen molar-refractivity contribution in [3.8, 4) is 0 Å². The van der Waals surface area contributed by atoms with Crippen molar-refractivity contribution in [3.63, 3.8) is 0 Å². The minimum atomic E-state index is 0.472. The topological polar surface area (TPSA) is 9.23 Å². The van der Waals surface area contributed by atoms with Crippen LogP contribution in [0.5, 0.6) is 0 Å². The van der Waals surface area contributed by atoms with Crippen LogP contribution in [-0.4, -0.2) is 13.2 Å². The summed E-state index contributed by atoms with van der Waals surface area (Å²) in [7, 11) is 1.92. The molecule has 4 aliphatic carbocycles. The summed E-state index contributed by atoms with van der Waals surface area (Å²) in [5.41, 5.74) is 4.86. The molecule has 2 saturated carbocycles. The van der Waals surface area contributed by atoms with Gasteiger partial charge in [-0.05, 0) is 104 Å². The minimum Gasteiger partial charge on any atom is -0.381 e. The second-order valence-corrected chi connectivity index (χ2v) is 12.4. The number of allylic oxidation sites excluding steroid dienone is 4. The molecule has 0 heterocycles. The van der Waals surface area contributed by atoms with Crippen LogP contribution in [0.25, 0.3) is 0 Å². The van der Waals surface area contributed by atoms with Crippen molar-refractivity contribution in [2.24, 2.45) is 46.3 Å². The highest BCUT2D eigenvalue weighted by Crippen LogP contribution is 2.65. The van der Waals surface area contributed by atoms with Gasteiger partial charge >= 0.3 is 0 Å². The van der Waals surface area contributed by atoms with Crippen LogP contribution < -0.4 is 0 Å². The van der Waals surface area contributed by atoms with Crippen molar-refractivity contribution in [1.29, 1.82) is 0 Å². The highest BCUT2D eigenvalue weighted by Gasteiger charge is 2.55. The lowest BCUT2D eigenvalue weighted by Gasteiger charge is -2.55. The van der Waals surface area contributed by atoms with Gasteiger partial charge in [-0.2, -0.15) is 0 Å². The summed E-state index contributed by atoms with van der Waals surface area (Å²) >= 11 is 0. The molecule has 0 spiro atoms. The van der Waals surface area contributed by atoms with Crippen LogP contribution in [0.1, 0.15) is 99.3 Å². The Morgan fingerprint density at radius 1 is 0.933 bits per heavy atom. The summed E-state index contributed by atoms with van der Waals surface area (Å²) in [5, 5.41) is 0. The first-order valence-corrected chi connectivity index (χ1v) is 13.1. The first-order valence-electron chi connectivity index (χ1n) is 13.1. The maximum absolute atomic E-state index is 5.78. The summed E-state index contributed by atoms with van der Waals surface area (Å²) in [5.74, 6) is 4.73. The Hall–Kier alpha value is -0.560. The van der Waals surface area contributed by atoms with Gasteiger partial charge in [-0.25, -0.2) is 0 Å². The van der Waals surface area contributed by atoms with Crippen molar-refractivity contribution in [1.82, 2.24) is 0 Å². The molecule has 8 atom stereocenters. The molecule has 0 aliphatic heterocycles. The quantitative estimate of drug-likeness (QED) is 0.413. The normalized spacial score (nSPS) is 43.5. The van der Waals surface area contributed by atoms with Crippen LogP contribution in [-0.2, 0) is 4.74 Å². The first-order chi connectivity index (χ1) is 14.2. The van der Waals surface area contributed by atoms with Gasteiger partial charge < -0.3 is 4.74 Å². The van der Waals surface area contributed by atoms with Gasteiger partial charge in [-0.15, -0.1) is 0 Å². The lowest BCUT2D eigenvalue weighted by Crippen LogP contribution is -2.45. The molecule has 0 unspecified atom stereocenters. The predicted octanol–water partition coefficient (Wildman–Crippen LogP) is 8.21. The average Bonchev–Trinajstić information content (AvgIpc) is 3.08. The van der Waals surface area contributed by atoms with Crippen LogP contribution in [0.3, 0.4) is 0 Å². The third kappa shape index (κ3) is 3.66. The Balaban J connectivity index is 1.55. The zero-order valence-corrected chi connectivity index (χ0v) is 21.0. The third-order valence-electron chi connectivity index (χ3n) is 10.8.